The molecule has 7 heteroatoms. The molecule has 3 aromatic rings. The van der Waals surface area contributed by atoms with Crippen LogP contribution in [-0.2, 0) is 9.59 Å². The topological polar surface area (TPSA) is 91.2 Å². The van der Waals surface area contributed by atoms with Crippen LogP contribution in [-0.4, -0.2) is 18.4 Å². The van der Waals surface area contributed by atoms with Crippen molar-refractivity contribution in [2.45, 2.75) is 0 Å². The van der Waals surface area contributed by atoms with E-state index in [1.807, 2.05) is 24.3 Å². The van der Waals surface area contributed by atoms with Crippen molar-refractivity contribution in [3.05, 3.63) is 95.0 Å². The minimum absolute atomic E-state index is 0.135. The van der Waals surface area contributed by atoms with Crippen molar-refractivity contribution in [3.8, 4) is 11.8 Å². The van der Waals surface area contributed by atoms with Gasteiger partial charge in [0.15, 0.2) is 6.61 Å². The van der Waals surface area contributed by atoms with Crippen LogP contribution >= 0.6 is 11.6 Å². The minimum Gasteiger partial charge on any atom is -0.483 e. The molecule has 0 saturated heterocycles. The molecule has 0 aliphatic carbocycles. The Hall–Kier alpha value is -4.08. The van der Waals surface area contributed by atoms with E-state index in [4.69, 9.17) is 16.3 Å². The first-order valence-electron chi connectivity index (χ1n) is 9.31. The monoisotopic (exact) mass is 431 g/mol. The number of benzene rings is 3. The molecule has 0 aromatic heterocycles. The van der Waals surface area contributed by atoms with E-state index in [0.717, 1.165) is 0 Å². The summed E-state index contributed by atoms with van der Waals surface area (Å²) in [4.78, 5) is 24.7. The molecule has 3 aromatic carbocycles. The first kappa shape index (κ1) is 21.6. The van der Waals surface area contributed by atoms with Crippen molar-refractivity contribution in [3.63, 3.8) is 0 Å². The van der Waals surface area contributed by atoms with E-state index in [-0.39, 0.29) is 18.1 Å². The largest absolute Gasteiger partial charge is 0.483 e. The molecule has 0 bridgehead atoms. The molecule has 0 aliphatic heterocycles. The Morgan fingerprint density at radius 3 is 2.35 bits per heavy atom. The summed E-state index contributed by atoms with van der Waals surface area (Å²) in [6, 6.07) is 24.4. The predicted molar refractivity (Wildman–Crippen MR) is 121 cm³/mol. The summed E-state index contributed by atoms with van der Waals surface area (Å²) in [7, 11) is 0. The summed E-state index contributed by atoms with van der Waals surface area (Å²) in [6.45, 7) is -0.229. The fraction of sp³-hybridized carbons (Fsp3) is 0.0417. The van der Waals surface area contributed by atoms with Crippen LogP contribution in [0.2, 0.25) is 5.02 Å². The average Bonchev–Trinajstić information content (AvgIpc) is 2.79. The van der Waals surface area contributed by atoms with E-state index in [0.29, 0.717) is 27.7 Å². The fourth-order valence-electron chi connectivity index (χ4n) is 2.65. The van der Waals surface area contributed by atoms with Crippen molar-refractivity contribution in [2.24, 2.45) is 0 Å². The van der Waals surface area contributed by atoms with E-state index in [2.05, 4.69) is 10.6 Å². The molecule has 0 atom stereocenters. The highest BCUT2D eigenvalue weighted by atomic mass is 35.5. The summed E-state index contributed by atoms with van der Waals surface area (Å²) >= 11 is 6.06. The molecular weight excluding hydrogens is 414 g/mol. The lowest BCUT2D eigenvalue weighted by molar-refractivity contribution is -0.118. The lowest BCUT2D eigenvalue weighted by atomic mass is 10.1. The van der Waals surface area contributed by atoms with Gasteiger partial charge >= 0.3 is 0 Å². The number of carbonyl (C=O) groups is 2. The molecule has 0 aliphatic rings. The van der Waals surface area contributed by atoms with Gasteiger partial charge in [0, 0.05) is 11.3 Å². The second kappa shape index (κ2) is 10.6. The highest BCUT2D eigenvalue weighted by Gasteiger charge is 2.13. The first-order chi connectivity index (χ1) is 15.1. The summed E-state index contributed by atoms with van der Waals surface area (Å²) in [6.07, 6.45) is 1.40. The summed E-state index contributed by atoms with van der Waals surface area (Å²) in [5.74, 6) is -0.571. The SMILES string of the molecule is N#C/C(=C\c1ccccc1OCC(=O)Nc1ccccc1)C(=O)Nc1ccccc1Cl. The van der Waals surface area contributed by atoms with Crippen LogP contribution in [0.1, 0.15) is 5.56 Å². The van der Waals surface area contributed by atoms with Gasteiger partial charge < -0.3 is 15.4 Å². The standard InChI is InChI=1S/C24H18ClN3O3/c25-20-11-5-6-12-21(20)28-24(30)18(15-26)14-17-8-4-7-13-22(17)31-16-23(29)27-19-9-2-1-3-10-19/h1-14H,16H2,(H,27,29)(H,28,30)/b18-14+. The Labute approximate surface area is 184 Å². The number of rotatable bonds is 7. The zero-order valence-corrected chi connectivity index (χ0v) is 17.1. The number of para-hydroxylation sites is 3. The van der Waals surface area contributed by atoms with Gasteiger partial charge in [-0.25, -0.2) is 0 Å². The van der Waals surface area contributed by atoms with Crippen LogP contribution in [0.3, 0.4) is 0 Å². The van der Waals surface area contributed by atoms with E-state index < -0.39 is 5.91 Å². The normalized spacial score (nSPS) is 10.6. The van der Waals surface area contributed by atoms with Crippen molar-refractivity contribution < 1.29 is 14.3 Å². The number of anilines is 2. The Bertz CT molecular complexity index is 1150. The van der Waals surface area contributed by atoms with Gasteiger partial charge in [-0.1, -0.05) is 60.1 Å². The lowest BCUT2D eigenvalue weighted by Crippen LogP contribution is -2.20. The molecular formula is C24H18ClN3O3. The summed E-state index contributed by atoms with van der Waals surface area (Å²) < 4.78 is 5.61. The Kier molecular flexibility index (Phi) is 7.41. The number of nitriles is 1. The quantitative estimate of drug-likeness (QED) is 0.411. The van der Waals surface area contributed by atoms with Gasteiger partial charge in [0.05, 0.1) is 10.7 Å². The number of carbonyl (C=O) groups excluding carboxylic acids is 2. The molecule has 0 heterocycles. The van der Waals surface area contributed by atoms with Gasteiger partial charge in [0.2, 0.25) is 0 Å². The zero-order valence-electron chi connectivity index (χ0n) is 16.3. The Morgan fingerprint density at radius 1 is 0.935 bits per heavy atom. The molecule has 31 heavy (non-hydrogen) atoms. The maximum absolute atomic E-state index is 12.5. The third-order valence-corrected chi connectivity index (χ3v) is 4.45. The third kappa shape index (κ3) is 6.20. The second-order valence-corrected chi connectivity index (χ2v) is 6.75. The number of hydrogen-bond donors (Lipinski definition) is 2. The van der Waals surface area contributed by atoms with E-state index >= 15 is 0 Å². The van der Waals surface area contributed by atoms with Gasteiger partial charge in [-0.15, -0.1) is 0 Å². The van der Waals surface area contributed by atoms with Crippen LogP contribution in [0.15, 0.2) is 84.4 Å². The second-order valence-electron chi connectivity index (χ2n) is 6.34. The van der Waals surface area contributed by atoms with Gasteiger partial charge in [0.1, 0.15) is 17.4 Å². The van der Waals surface area contributed by atoms with E-state index in [1.54, 1.807) is 60.7 Å². The molecule has 3 rings (SSSR count). The minimum atomic E-state index is -0.604. The van der Waals surface area contributed by atoms with Crippen LogP contribution in [0.5, 0.6) is 5.75 Å². The zero-order chi connectivity index (χ0) is 22.1. The fourth-order valence-corrected chi connectivity index (χ4v) is 2.83. The molecule has 6 nitrogen and oxygen atoms in total. The molecule has 0 unspecified atom stereocenters. The average molecular weight is 432 g/mol. The first-order valence-corrected chi connectivity index (χ1v) is 9.69. The van der Waals surface area contributed by atoms with E-state index in [9.17, 15) is 14.9 Å². The summed E-state index contributed by atoms with van der Waals surface area (Å²) in [5.41, 5.74) is 1.41. The molecule has 154 valence electrons. The van der Waals surface area contributed by atoms with Crippen molar-refractivity contribution in [1.82, 2.24) is 0 Å². The van der Waals surface area contributed by atoms with Gasteiger partial charge in [-0.05, 0) is 36.4 Å². The maximum atomic E-state index is 12.5. The number of nitrogens with one attached hydrogen (secondary N) is 2. The highest BCUT2D eigenvalue weighted by Crippen LogP contribution is 2.23. The van der Waals surface area contributed by atoms with Crippen molar-refractivity contribution in [2.75, 3.05) is 17.2 Å². The van der Waals surface area contributed by atoms with Crippen LogP contribution in [0, 0.1) is 11.3 Å². The number of nitrogens with zero attached hydrogens (tertiary/aromatic N) is 1. The Morgan fingerprint density at radius 2 is 1.61 bits per heavy atom. The highest BCUT2D eigenvalue weighted by molar-refractivity contribution is 6.34. The number of halogens is 1. The van der Waals surface area contributed by atoms with Crippen LogP contribution < -0.4 is 15.4 Å². The van der Waals surface area contributed by atoms with E-state index in [1.165, 1.54) is 6.08 Å². The van der Waals surface area contributed by atoms with Gasteiger partial charge in [0.25, 0.3) is 11.8 Å². The predicted octanol–water partition coefficient (Wildman–Crippen LogP) is 4.90. The van der Waals surface area contributed by atoms with Gasteiger partial charge in [-0.3, -0.25) is 9.59 Å². The third-order valence-electron chi connectivity index (χ3n) is 4.12. The molecule has 0 fully saturated rings. The van der Waals surface area contributed by atoms with Crippen LogP contribution in [0.25, 0.3) is 6.08 Å². The van der Waals surface area contributed by atoms with Crippen molar-refractivity contribution in [1.29, 1.82) is 5.26 Å². The summed E-state index contributed by atoms with van der Waals surface area (Å²) in [5, 5.41) is 15.2. The number of hydrogen-bond acceptors (Lipinski definition) is 4. The maximum Gasteiger partial charge on any atom is 0.266 e. The number of ether oxygens (including phenoxy) is 1. The molecule has 2 amide bonds. The van der Waals surface area contributed by atoms with Crippen molar-refractivity contribution >= 4 is 40.9 Å². The molecule has 0 saturated carbocycles. The smallest absolute Gasteiger partial charge is 0.266 e. The van der Waals surface area contributed by atoms with Gasteiger partial charge in [-0.2, -0.15) is 5.26 Å². The van der Waals surface area contributed by atoms with Crippen LogP contribution in [0.4, 0.5) is 11.4 Å². The molecule has 0 spiro atoms. The Balaban J connectivity index is 1.71. The molecule has 2 N–H and O–H groups in total. The lowest BCUT2D eigenvalue weighted by Gasteiger charge is -2.10. The molecule has 0 radical (unpaired) electrons. The number of amides is 2.